The monoisotopic (exact) mass is 304 g/mol. The van der Waals surface area contributed by atoms with E-state index in [1.165, 1.54) is 5.56 Å². The number of carbonyl (C=O) groups excluding carboxylic acids is 1. The predicted molar refractivity (Wildman–Crippen MR) is 83.8 cm³/mol. The van der Waals surface area contributed by atoms with Gasteiger partial charge in [0.2, 0.25) is 5.91 Å². The van der Waals surface area contributed by atoms with Gasteiger partial charge in [-0.15, -0.1) is 0 Å². The van der Waals surface area contributed by atoms with Crippen LogP contribution in [-0.2, 0) is 9.53 Å². The topological polar surface area (TPSA) is 73.6 Å². The third-order valence-electron chi connectivity index (χ3n) is 5.10. The lowest BCUT2D eigenvalue weighted by molar-refractivity contribution is -0.136. The summed E-state index contributed by atoms with van der Waals surface area (Å²) in [6.45, 7) is 6.16. The van der Waals surface area contributed by atoms with Gasteiger partial charge in [-0.3, -0.25) is 4.79 Å². The van der Waals surface area contributed by atoms with Crippen LogP contribution < -0.4 is 15.8 Å². The average molecular weight is 304 g/mol. The van der Waals surface area contributed by atoms with Gasteiger partial charge in [-0.2, -0.15) is 0 Å². The molecule has 22 heavy (non-hydrogen) atoms. The molecule has 5 nitrogen and oxygen atoms in total. The van der Waals surface area contributed by atoms with Crippen LogP contribution in [0.15, 0.2) is 12.1 Å². The number of fused-ring (bicyclic) bond motifs is 1. The van der Waals surface area contributed by atoms with E-state index in [-0.39, 0.29) is 11.9 Å². The second kappa shape index (κ2) is 5.89. The molecule has 1 fully saturated rings. The van der Waals surface area contributed by atoms with Crippen LogP contribution in [0, 0.1) is 19.3 Å². The fourth-order valence-corrected chi connectivity index (χ4v) is 3.25. The van der Waals surface area contributed by atoms with Gasteiger partial charge >= 0.3 is 0 Å². The first kappa shape index (κ1) is 15.3. The lowest BCUT2D eigenvalue weighted by atomic mass is 9.79. The zero-order chi connectivity index (χ0) is 15.7. The maximum absolute atomic E-state index is 12.8. The summed E-state index contributed by atoms with van der Waals surface area (Å²) in [7, 11) is 0. The van der Waals surface area contributed by atoms with Gasteiger partial charge in [0.25, 0.3) is 0 Å². The van der Waals surface area contributed by atoms with E-state index in [0.29, 0.717) is 39.2 Å². The third-order valence-corrected chi connectivity index (χ3v) is 5.10. The highest BCUT2D eigenvalue weighted by Gasteiger charge is 2.40. The van der Waals surface area contributed by atoms with Crippen molar-refractivity contribution in [2.75, 3.05) is 26.4 Å². The highest BCUT2D eigenvalue weighted by atomic mass is 16.5. The molecule has 1 aromatic carbocycles. The Labute approximate surface area is 131 Å². The summed E-state index contributed by atoms with van der Waals surface area (Å²) in [5.41, 5.74) is 8.82. The second-order valence-corrected chi connectivity index (χ2v) is 6.36. The summed E-state index contributed by atoms with van der Waals surface area (Å²) in [6, 6.07) is 4.04. The van der Waals surface area contributed by atoms with Gasteiger partial charge in [-0.05, 0) is 37.8 Å². The minimum atomic E-state index is -0.499. The van der Waals surface area contributed by atoms with Crippen LogP contribution in [0.2, 0.25) is 0 Å². The van der Waals surface area contributed by atoms with Crippen molar-refractivity contribution in [2.24, 2.45) is 11.1 Å². The Bertz CT molecular complexity index is 580. The molecule has 1 atom stereocenters. The molecule has 0 aromatic heterocycles. The molecular weight excluding hydrogens is 280 g/mol. The molecule has 0 bridgehead atoms. The van der Waals surface area contributed by atoms with Crippen molar-refractivity contribution in [1.82, 2.24) is 5.32 Å². The van der Waals surface area contributed by atoms with Crippen molar-refractivity contribution in [3.05, 3.63) is 28.8 Å². The zero-order valence-corrected chi connectivity index (χ0v) is 13.3. The molecule has 1 unspecified atom stereocenters. The highest BCUT2D eigenvalue weighted by Crippen LogP contribution is 2.38. The Morgan fingerprint density at radius 3 is 2.77 bits per heavy atom. The molecule has 3 N–H and O–H groups in total. The second-order valence-electron chi connectivity index (χ2n) is 6.36. The van der Waals surface area contributed by atoms with Crippen LogP contribution in [-0.4, -0.2) is 32.3 Å². The van der Waals surface area contributed by atoms with Crippen LogP contribution in [0.1, 0.15) is 35.6 Å². The minimum absolute atomic E-state index is 0.0259. The molecule has 1 amide bonds. The first-order valence-corrected chi connectivity index (χ1v) is 7.89. The van der Waals surface area contributed by atoms with E-state index in [9.17, 15) is 4.79 Å². The number of amides is 1. The van der Waals surface area contributed by atoms with Crippen molar-refractivity contribution in [3.63, 3.8) is 0 Å². The molecule has 2 aliphatic heterocycles. The molecule has 0 radical (unpaired) electrons. The van der Waals surface area contributed by atoms with E-state index in [4.69, 9.17) is 15.2 Å². The first-order valence-electron chi connectivity index (χ1n) is 7.89. The van der Waals surface area contributed by atoms with Crippen molar-refractivity contribution >= 4 is 5.91 Å². The molecule has 120 valence electrons. The number of nitrogens with one attached hydrogen (secondary N) is 1. The maximum Gasteiger partial charge on any atom is 0.228 e. The number of ether oxygens (including phenoxy) is 2. The van der Waals surface area contributed by atoms with Gasteiger partial charge in [-0.25, -0.2) is 0 Å². The van der Waals surface area contributed by atoms with Crippen LogP contribution in [0.5, 0.6) is 5.75 Å². The Kier molecular flexibility index (Phi) is 4.10. The van der Waals surface area contributed by atoms with Gasteiger partial charge in [-0.1, -0.05) is 12.1 Å². The number of benzene rings is 1. The average Bonchev–Trinajstić information content (AvgIpc) is 2.95. The zero-order valence-electron chi connectivity index (χ0n) is 13.3. The highest BCUT2D eigenvalue weighted by molar-refractivity contribution is 5.83. The molecule has 0 aliphatic carbocycles. The number of hydrogen-bond acceptors (Lipinski definition) is 4. The number of rotatable bonds is 3. The molecule has 1 aromatic rings. The van der Waals surface area contributed by atoms with Crippen LogP contribution in [0.4, 0.5) is 0 Å². The Morgan fingerprint density at radius 1 is 1.36 bits per heavy atom. The summed E-state index contributed by atoms with van der Waals surface area (Å²) >= 11 is 0. The summed E-state index contributed by atoms with van der Waals surface area (Å²) in [4.78, 5) is 12.8. The van der Waals surface area contributed by atoms with Crippen molar-refractivity contribution < 1.29 is 14.3 Å². The summed E-state index contributed by atoms with van der Waals surface area (Å²) in [6.07, 6.45) is 1.37. The number of carbonyl (C=O) groups is 1. The molecule has 2 aliphatic rings. The lowest BCUT2D eigenvalue weighted by Crippen LogP contribution is -2.50. The Morgan fingerprint density at radius 2 is 2.09 bits per heavy atom. The van der Waals surface area contributed by atoms with E-state index in [1.54, 1.807) is 0 Å². The summed E-state index contributed by atoms with van der Waals surface area (Å²) in [5.74, 6) is 0.942. The standard InChI is InChI=1S/C17H24N2O3/c1-11-3-4-13-14(9-22-15(13)12(11)2)19-16(20)17(10-18)5-7-21-8-6-17/h3-4,14H,5-10,18H2,1-2H3,(H,19,20). The van der Waals surface area contributed by atoms with Crippen molar-refractivity contribution in [2.45, 2.75) is 32.7 Å². The smallest absolute Gasteiger partial charge is 0.228 e. The molecule has 2 heterocycles. The van der Waals surface area contributed by atoms with Gasteiger partial charge in [0, 0.05) is 25.3 Å². The molecule has 3 rings (SSSR count). The van der Waals surface area contributed by atoms with Crippen molar-refractivity contribution in [3.8, 4) is 5.75 Å². The quantitative estimate of drug-likeness (QED) is 0.890. The SMILES string of the molecule is Cc1ccc2c(c1C)OCC2NC(=O)C1(CN)CCOCC1. The number of hydrogen-bond donors (Lipinski definition) is 2. The number of aryl methyl sites for hydroxylation is 1. The van der Waals surface area contributed by atoms with Crippen LogP contribution in [0.3, 0.4) is 0 Å². The van der Waals surface area contributed by atoms with E-state index < -0.39 is 5.41 Å². The molecular formula is C17H24N2O3. The number of nitrogens with two attached hydrogens (primary N) is 1. The van der Waals surface area contributed by atoms with E-state index in [1.807, 2.05) is 0 Å². The van der Waals surface area contributed by atoms with Crippen LogP contribution >= 0.6 is 0 Å². The lowest BCUT2D eigenvalue weighted by Gasteiger charge is -2.35. The molecule has 0 spiro atoms. The molecule has 1 saturated heterocycles. The maximum atomic E-state index is 12.8. The Hall–Kier alpha value is -1.59. The van der Waals surface area contributed by atoms with E-state index in [2.05, 4.69) is 31.3 Å². The predicted octanol–water partition coefficient (Wildman–Crippen LogP) is 1.61. The normalized spacial score (nSPS) is 22.8. The van der Waals surface area contributed by atoms with E-state index in [0.717, 1.165) is 16.9 Å². The van der Waals surface area contributed by atoms with Crippen LogP contribution in [0.25, 0.3) is 0 Å². The van der Waals surface area contributed by atoms with Gasteiger partial charge in [0.1, 0.15) is 12.4 Å². The third kappa shape index (κ3) is 2.48. The van der Waals surface area contributed by atoms with Gasteiger partial charge in [0.15, 0.2) is 0 Å². The largest absolute Gasteiger partial charge is 0.490 e. The van der Waals surface area contributed by atoms with E-state index >= 15 is 0 Å². The van der Waals surface area contributed by atoms with Crippen molar-refractivity contribution in [1.29, 1.82) is 0 Å². The first-order chi connectivity index (χ1) is 10.6. The Balaban J connectivity index is 1.78. The minimum Gasteiger partial charge on any atom is -0.490 e. The van der Waals surface area contributed by atoms with Gasteiger partial charge < -0.3 is 20.5 Å². The molecule has 5 heteroatoms. The molecule has 0 saturated carbocycles. The fourth-order valence-electron chi connectivity index (χ4n) is 3.25. The summed E-state index contributed by atoms with van der Waals surface area (Å²) < 4.78 is 11.2. The fraction of sp³-hybridized carbons (Fsp3) is 0.588. The van der Waals surface area contributed by atoms with Gasteiger partial charge in [0.05, 0.1) is 11.5 Å². The summed E-state index contributed by atoms with van der Waals surface area (Å²) in [5, 5.41) is 3.14.